The van der Waals surface area contributed by atoms with Crippen molar-refractivity contribution in [3.63, 3.8) is 0 Å². The van der Waals surface area contributed by atoms with Crippen LogP contribution >= 0.6 is 0 Å². The first-order chi connectivity index (χ1) is 9.40. The quantitative estimate of drug-likeness (QED) is 0.453. The van der Waals surface area contributed by atoms with Crippen molar-refractivity contribution in [2.45, 2.75) is 84.3 Å². The van der Waals surface area contributed by atoms with Gasteiger partial charge in [-0.2, -0.15) is 0 Å². The lowest BCUT2D eigenvalue weighted by atomic mass is 10.1. The molecule has 4 heteroatoms. The molecule has 0 aromatic rings. The molecule has 1 atom stereocenters. The zero-order valence-electron chi connectivity index (χ0n) is 13.8. The van der Waals surface area contributed by atoms with Crippen LogP contribution in [0.3, 0.4) is 0 Å². The minimum absolute atomic E-state index is 0.153. The van der Waals surface area contributed by atoms with Gasteiger partial charge in [-0.3, -0.25) is 4.79 Å². The van der Waals surface area contributed by atoms with Gasteiger partial charge in [-0.25, -0.2) is 0 Å². The Labute approximate surface area is 124 Å². The highest BCUT2D eigenvalue weighted by Gasteiger charge is 2.24. The van der Waals surface area contributed by atoms with E-state index in [4.69, 9.17) is 10.5 Å². The summed E-state index contributed by atoms with van der Waals surface area (Å²) >= 11 is 0. The van der Waals surface area contributed by atoms with Crippen molar-refractivity contribution in [3.05, 3.63) is 0 Å². The SMILES string of the molecule is CCCCCCCCC(NCCN)C(=O)OC(C)(C)C. The zero-order chi connectivity index (χ0) is 15.4. The molecule has 0 aromatic heterocycles. The summed E-state index contributed by atoms with van der Waals surface area (Å²) in [6.45, 7) is 9.10. The molecule has 1 unspecified atom stereocenters. The summed E-state index contributed by atoms with van der Waals surface area (Å²) in [7, 11) is 0. The number of carbonyl (C=O) groups is 1. The average molecular weight is 286 g/mol. The molecule has 0 aliphatic heterocycles. The van der Waals surface area contributed by atoms with E-state index in [0.717, 1.165) is 12.8 Å². The summed E-state index contributed by atoms with van der Waals surface area (Å²) in [6.07, 6.45) is 8.20. The van der Waals surface area contributed by atoms with Crippen LogP contribution in [0.1, 0.15) is 72.6 Å². The predicted molar refractivity (Wildman–Crippen MR) is 84.7 cm³/mol. The molecule has 4 nitrogen and oxygen atoms in total. The largest absolute Gasteiger partial charge is 0.459 e. The molecule has 0 amide bonds. The molecule has 3 N–H and O–H groups in total. The number of hydrogen-bond donors (Lipinski definition) is 2. The number of ether oxygens (including phenoxy) is 1. The number of esters is 1. The lowest BCUT2D eigenvalue weighted by Gasteiger charge is -2.24. The van der Waals surface area contributed by atoms with Gasteiger partial charge in [0.1, 0.15) is 11.6 Å². The molecular weight excluding hydrogens is 252 g/mol. The molecule has 0 bridgehead atoms. The first-order valence-electron chi connectivity index (χ1n) is 8.07. The van der Waals surface area contributed by atoms with Gasteiger partial charge >= 0.3 is 5.97 Å². The van der Waals surface area contributed by atoms with Crippen LogP contribution in [-0.4, -0.2) is 30.7 Å². The minimum Gasteiger partial charge on any atom is -0.459 e. The van der Waals surface area contributed by atoms with E-state index >= 15 is 0 Å². The van der Waals surface area contributed by atoms with Crippen LogP contribution in [0, 0.1) is 0 Å². The van der Waals surface area contributed by atoms with Gasteiger partial charge in [0.25, 0.3) is 0 Å². The number of unbranched alkanes of at least 4 members (excludes halogenated alkanes) is 5. The summed E-state index contributed by atoms with van der Waals surface area (Å²) in [5.41, 5.74) is 5.07. The maximum Gasteiger partial charge on any atom is 0.323 e. The highest BCUT2D eigenvalue weighted by atomic mass is 16.6. The van der Waals surface area contributed by atoms with Crippen LogP contribution in [-0.2, 0) is 9.53 Å². The summed E-state index contributed by atoms with van der Waals surface area (Å²) in [4.78, 5) is 12.1. The highest BCUT2D eigenvalue weighted by Crippen LogP contribution is 2.13. The second kappa shape index (κ2) is 11.1. The summed E-state index contributed by atoms with van der Waals surface area (Å²) in [6, 6.07) is -0.219. The Morgan fingerprint density at radius 2 is 1.75 bits per heavy atom. The molecule has 20 heavy (non-hydrogen) atoms. The van der Waals surface area contributed by atoms with Crippen molar-refractivity contribution >= 4 is 5.97 Å². The fraction of sp³-hybridized carbons (Fsp3) is 0.938. The Kier molecular flexibility index (Phi) is 10.8. The van der Waals surface area contributed by atoms with E-state index in [0.29, 0.717) is 13.1 Å². The van der Waals surface area contributed by atoms with Crippen LogP contribution in [0.15, 0.2) is 0 Å². The molecule has 0 fully saturated rings. The molecule has 0 saturated heterocycles. The molecule has 120 valence electrons. The van der Waals surface area contributed by atoms with Gasteiger partial charge < -0.3 is 15.8 Å². The summed E-state index contributed by atoms with van der Waals surface area (Å²) < 4.78 is 5.45. The zero-order valence-corrected chi connectivity index (χ0v) is 13.8. The van der Waals surface area contributed by atoms with Gasteiger partial charge in [0.15, 0.2) is 0 Å². The van der Waals surface area contributed by atoms with Gasteiger partial charge in [-0.1, -0.05) is 45.4 Å². The lowest BCUT2D eigenvalue weighted by Crippen LogP contribution is -2.43. The molecule has 0 saturated carbocycles. The van der Waals surface area contributed by atoms with E-state index in [1.54, 1.807) is 0 Å². The smallest absolute Gasteiger partial charge is 0.323 e. The van der Waals surface area contributed by atoms with E-state index in [9.17, 15) is 4.79 Å². The van der Waals surface area contributed by atoms with Crippen molar-refractivity contribution in [2.24, 2.45) is 5.73 Å². The fourth-order valence-corrected chi connectivity index (χ4v) is 2.06. The third-order valence-electron chi connectivity index (χ3n) is 3.07. The van der Waals surface area contributed by atoms with Crippen LogP contribution in [0.5, 0.6) is 0 Å². The van der Waals surface area contributed by atoms with E-state index in [2.05, 4.69) is 12.2 Å². The van der Waals surface area contributed by atoms with Crippen molar-refractivity contribution in [1.29, 1.82) is 0 Å². The number of nitrogens with two attached hydrogens (primary N) is 1. The van der Waals surface area contributed by atoms with Gasteiger partial charge in [0, 0.05) is 13.1 Å². The van der Waals surface area contributed by atoms with Crippen LogP contribution in [0.25, 0.3) is 0 Å². The maximum atomic E-state index is 12.1. The normalized spacial score (nSPS) is 13.2. The first kappa shape index (κ1) is 19.4. The molecule has 0 aromatic carbocycles. The van der Waals surface area contributed by atoms with Crippen molar-refractivity contribution < 1.29 is 9.53 Å². The fourth-order valence-electron chi connectivity index (χ4n) is 2.06. The Morgan fingerprint density at radius 1 is 1.15 bits per heavy atom. The standard InChI is InChI=1S/C16H34N2O2/c1-5-6-7-8-9-10-11-14(18-13-12-17)15(19)20-16(2,3)4/h14,18H,5-13,17H2,1-4H3. The Balaban J connectivity index is 4.04. The summed E-state index contributed by atoms with van der Waals surface area (Å²) in [5.74, 6) is -0.153. The van der Waals surface area contributed by atoms with Crippen LogP contribution in [0.4, 0.5) is 0 Å². The molecule has 0 heterocycles. The van der Waals surface area contributed by atoms with E-state index in [1.165, 1.54) is 32.1 Å². The Bertz CT molecular complexity index is 249. The number of nitrogens with one attached hydrogen (secondary N) is 1. The van der Waals surface area contributed by atoms with Crippen LogP contribution < -0.4 is 11.1 Å². The second-order valence-corrected chi connectivity index (χ2v) is 6.39. The third-order valence-corrected chi connectivity index (χ3v) is 3.07. The van der Waals surface area contributed by atoms with Gasteiger partial charge in [-0.15, -0.1) is 0 Å². The van der Waals surface area contributed by atoms with Crippen LogP contribution in [0.2, 0.25) is 0 Å². The maximum absolute atomic E-state index is 12.1. The molecule has 0 radical (unpaired) electrons. The minimum atomic E-state index is -0.430. The van der Waals surface area contributed by atoms with Crippen molar-refractivity contribution in [1.82, 2.24) is 5.32 Å². The van der Waals surface area contributed by atoms with E-state index in [1.807, 2.05) is 20.8 Å². The van der Waals surface area contributed by atoms with E-state index < -0.39 is 5.60 Å². The molecule has 0 spiro atoms. The van der Waals surface area contributed by atoms with Gasteiger partial charge in [-0.05, 0) is 27.2 Å². The highest BCUT2D eigenvalue weighted by molar-refractivity contribution is 5.76. The molecule has 0 rings (SSSR count). The lowest BCUT2D eigenvalue weighted by molar-refractivity contribution is -0.157. The number of hydrogen-bond acceptors (Lipinski definition) is 4. The van der Waals surface area contributed by atoms with Gasteiger partial charge in [0.05, 0.1) is 0 Å². The van der Waals surface area contributed by atoms with Crippen molar-refractivity contribution in [2.75, 3.05) is 13.1 Å². The average Bonchev–Trinajstić information content (AvgIpc) is 2.34. The Hall–Kier alpha value is -0.610. The van der Waals surface area contributed by atoms with E-state index in [-0.39, 0.29) is 12.0 Å². The second-order valence-electron chi connectivity index (χ2n) is 6.39. The Morgan fingerprint density at radius 3 is 2.30 bits per heavy atom. The monoisotopic (exact) mass is 286 g/mol. The molecular formula is C16H34N2O2. The van der Waals surface area contributed by atoms with Gasteiger partial charge in [0.2, 0.25) is 0 Å². The first-order valence-corrected chi connectivity index (χ1v) is 8.07. The number of carbonyl (C=O) groups excluding carboxylic acids is 1. The van der Waals surface area contributed by atoms with Crippen molar-refractivity contribution in [3.8, 4) is 0 Å². The summed E-state index contributed by atoms with van der Waals surface area (Å²) in [5, 5.41) is 3.19. The predicted octanol–water partition coefficient (Wildman–Crippen LogP) is 3.00. The number of rotatable bonds is 11. The topological polar surface area (TPSA) is 64.3 Å². The third kappa shape index (κ3) is 11.2. The molecule has 0 aliphatic carbocycles. The molecule has 0 aliphatic rings.